The van der Waals surface area contributed by atoms with E-state index in [2.05, 4.69) is 10.6 Å². The summed E-state index contributed by atoms with van der Waals surface area (Å²) in [4.78, 5) is 12.3. The highest BCUT2D eigenvalue weighted by molar-refractivity contribution is 5.85. The average molecular weight is 315 g/mol. The lowest BCUT2D eigenvalue weighted by Crippen LogP contribution is -2.55. The van der Waals surface area contributed by atoms with Gasteiger partial charge in [0.2, 0.25) is 5.91 Å². The molecule has 1 unspecified atom stereocenters. The second-order valence-electron chi connectivity index (χ2n) is 5.01. The van der Waals surface area contributed by atoms with Gasteiger partial charge in [0.15, 0.2) is 0 Å². The molecular formula is C15H23ClN2O3. The van der Waals surface area contributed by atoms with Crippen LogP contribution in [-0.4, -0.2) is 38.3 Å². The third-order valence-corrected chi connectivity index (χ3v) is 3.55. The minimum absolute atomic E-state index is 0. The third-order valence-electron chi connectivity index (χ3n) is 3.55. The lowest BCUT2D eigenvalue weighted by Gasteiger charge is -2.30. The van der Waals surface area contributed by atoms with Crippen LogP contribution in [0, 0.1) is 0 Å². The maximum Gasteiger partial charge on any atom is 0.240 e. The molecule has 1 fully saturated rings. The molecule has 1 aliphatic heterocycles. The van der Waals surface area contributed by atoms with Crippen molar-refractivity contribution in [3.63, 3.8) is 0 Å². The normalized spacial score (nSPS) is 22.8. The van der Waals surface area contributed by atoms with Crippen molar-refractivity contribution in [2.45, 2.75) is 32.0 Å². The van der Waals surface area contributed by atoms with Crippen LogP contribution in [0.3, 0.4) is 0 Å². The van der Waals surface area contributed by atoms with Crippen LogP contribution in [0.15, 0.2) is 24.3 Å². The fourth-order valence-corrected chi connectivity index (χ4v) is 2.32. The van der Waals surface area contributed by atoms with E-state index in [0.29, 0.717) is 13.2 Å². The van der Waals surface area contributed by atoms with Crippen LogP contribution in [-0.2, 0) is 9.53 Å². The molecule has 118 valence electrons. The Morgan fingerprint density at radius 2 is 2.29 bits per heavy atom. The monoisotopic (exact) mass is 314 g/mol. The van der Waals surface area contributed by atoms with Gasteiger partial charge < -0.3 is 20.1 Å². The first-order valence-electron chi connectivity index (χ1n) is 6.91. The van der Waals surface area contributed by atoms with E-state index in [1.165, 1.54) is 0 Å². The van der Waals surface area contributed by atoms with Gasteiger partial charge in [-0.3, -0.25) is 4.79 Å². The standard InChI is InChI=1S/C15H22N2O3.ClH/c1-10(12-5-4-6-13(9-12)19-3)17-15(18)14-11(2)20-8-7-16-14;/h4-6,9-11,14,16H,7-8H2,1-3H3,(H,17,18);1H/t10?,11-,14+;/m1./s1. The molecule has 1 amide bonds. The SMILES string of the molecule is COc1cccc(C(C)NC(=O)[C@H]2NCCO[C@@H]2C)c1.Cl. The zero-order valence-corrected chi connectivity index (χ0v) is 13.4. The van der Waals surface area contributed by atoms with E-state index in [-0.39, 0.29) is 36.5 Å². The van der Waals surface area contributed by atoms with Gasteiger partial charge in [-0.25, -0.2) is 0 Å². The van der Waals surface area contributed by atoms with Crippen molar-refractivity contribution in [2.24, 2.45) is 0 Å². The van der Waals surface area contributed by atoms with Gasteiger partial charge in [-0.05, 0) is 31.5 Å². The zero-order chi connectivity index (χ0) is 14.5. The molecule has 5 nitrogen and oxygen atoms in total. The molecule has 0 bridgehead atoms. The highest BCUT2D eigenvalue weighted by Crippen LogP contribution is 2.19. The van der Waals surface area contributed by atoms with Gasteiger partial charge in [0, 0.05) is 6.54 Å². The Kier molecular flexibility index (Phi) is 6.95. The molecule has 1 saturated heterocycles. The quantitative estimate of drug-likeness (QED) is 0.887. The van der Waals surface area contributed by atoms with Gasteiger partial charge in [-0.15, -0.1) is 12.4 Å². The minimum Gasteiger partial charge on any atom is -0.497 e. The minimum atomic E-state index is -0.295. The molecule has 0 aromatic heterocycles. The number of morpholine rings is 1. The number of amides is 1. The maximum absolute atomic E-state index is 12.3. The van der Waals surface area contributed by atoms with E-state index in [0.717, 1.165) is 11.3 Å². The Hall–Kier alpha value is -1.30. The van der Waals surface area contributed by atoms with E-state index >= 15 is 0 Å². The van der Waals surface area contributed by atoms with Crippen molar-refractivity contribution < 1.29 is 14.3 Å². The summed E-state index contributed by atoms with van der Waals surface area (Å²) in [7, 11) is 1.63. The number of benzene rings is 1. The first-order valence-corrected chi connectivity index (χ1v) is 6.91. The Bertz CT molecular complexity index is 470. The van der Waals surface area contributed by atoms with Crippen molar-refractivity contribution in [1.29, 1.82) is 0 Å². The number of carbonyl (C=O) groups excluding carboxylic acids is 1. The fourth-order valence-electron chi connectivity index (χ4n) is 2.32. The molecule has 1 aliphatic rings. The molecule has 0 spiro atoms. The van der Waals surface area contributed by atoms with Crippen LogP contribution in [0.4, 0.5) is 0 Å². The number of carbonyl (C=O) groups is 1. The van der Waals surface area contributed by atoms with Gasteiger partial charge in [0.05, 0.1) is 25.9 Å². The molecular weight excluding hydrogens is 292 g/mol. The first kappa shape index (κ1) is 17.8. The molecule has 1 heterocycles. The van der Waals surface area contributed by atoms with Crippen LogP contribution in [0.5, 0.6) is 5.75 Å². The number of halogens is 1. The Morgan fingerprint density at radius 1 is 1.52 bits per heavy atom. The highest BCUT2D eigenvalue weighted by Gasteiger charge is 2.29. The molecule has 0 radical (unpaired) electrons. The van der Waals surface area contributed by atoms with Crippen molar-refractivity contribution >= 4 is 18.3 Å². The zero-order valence-electron chi connectivity index (χ0n) is 12.6. The molecule has 21 heavy (non-hydrogen) atoms. The molecule has 0 aliphatic carbocycles. The third kappa shape index (κ3) is 4.59. The van der Waals surface area contributed by atoms with Crippen molar-refractivity contribution in [3.05, 3.63) is 29.8 Å². The van der Waals surface area contributed by atoms with Crippen LogP contribution in [0.1, 0.15) is 25.5 Å². The summed E-state index contributed by atoms with van der Waals surface area (Å²) in [6.45, 7) is 5.22. The molecule has 3 atom stereocenters. The molecule has 6 heteroatoms. The second-order valence-corrected chi connectivity index (χ2v) is 5.01. The highest BCUT2D eigenvalue weighted by atomic mass is 35.5. The summed E-state index contributed by atoms with van der Waals surface area (Å²) in [5.74, 6) is 0.753. The van der Waals surface area contributed by atoms with Crippen LogP contribution in [0.25, 0.3) is 0 Å². The van der Waals surface area contributed by atoms with Crippen molar-refractivity contribution in [2.75, 3.05) is 20.3 Å². The topological polar surface area (TPSA) is 59.6 Å². The summed E-state index contributed by atoms with van der Waals surface area (Å²) >= 11 is 0. The Morgan fingerprint density at radius 3 is 2.95 bits per heavy atom. The number of rotatable bonds is 4. The van der Waals surface area contributed by atoms with E-state index in [9.17, 15) is 4.79 Å². The Balaban J connectivity index is 0.00000220. The summed E-state index contributed by atoms with van der Waals surface area (Å²) < 4.78 is 10.7. The number of nitrogens with one attached hydrogen (secondary N) is 2. The molecule has 0 saturated carbocycles. The lowest BCUT2D eigenvalue weighted by molar-refractivity contribution is -0.129. The summed E-state index contributed by atoms with van der Waals surface area (Å²) in [6, 6.07) is 7.34. The molecule has 2 rings (SSSR count). The molecule has 1 aromatic rings. The van der Waals surface area contributed by atoms with Gasteiger partial charge in [-0.2, -0.15) is 0 Å². The predicted molar refractivity (Wildman–Crippen MR) is 84.0 cm³/mol. The largest absolute Gasteiger partial charge is 0.497 e. The van der Waals surface area contributed by atoms with E-state index < -0.39 is 0 Å². The number of hydrogen-bond donors (Lipinski definition) is 2. The smallest absolute Gasteiger partial charge is 0.240 e. The second kappa shape index (κ2) is 8.22. The van der Waals surface area contributed by atoms with Gasteiger partial charge in [0.25, 0.3) is 0 Å². The first-order chi connectivity index (χ1) is 9.61. The Labute approximate surface area is 131 Å². The van der Waals surface area contributed by atoms with Crippen LogP contribution < -0.4 is 15.4 Å². The van der Waals surface area contributed by atoms with Crippen LogP contribution in [0.2, 0.25) is 0 Å². The number of ether oxygens (including phenoxy) is 2. The average Bonchev–Trinajstić information content (AvgIpc) is 2.47. The summed E-state index contributed by atoms with van der Waals surface area (Å²) in [6.07, 6.45) is -0.110. The number of methoxy groups -OCH3 is 1. The number of hydrogen-bond acceptors (Lipinski definition) is 4. The van der Waals surface area contributed by atoms with Gasteiger partial charge >= 0.3 is 0 Å². The van der Waals surface area contributed by atoms with Crippen molar-refractivity contribution in [3.8, 4) is 5.75 Å². The van der Waals surface area contributed by atoms with E-state index in [4.69, 9.17) is 9.47 Å². The molecule has 2 N–H and O–H groups in total. The van der Waals surface area contributed by atoms with Crippen molar-refractivity contribution in [1.82, 2.24) is 10.6 Å². The summed E-state index contributed by atoms with van der Waals surface area (Å²) in [5, 5.41) is 6.20. The van der Waals surface area contributed by atoms with Crippen LogP contribution >= 0.6 is 12.4 Å². The van der Waals surface area contributed by atoms with Gasteiger partial charge in [-0.1, -0.05) is 12.1 Å². The maximum atomic E-state index is 12.3. The fraction of sp³-hybridized carbons (Fsp3) is 0.533. The predicted octanol–water partition coefficient (Wildman–Crippen LogP) is 1.67. The van der Waals surface area contributed by atoms with E-state index in [1.807, 2.05) is 38.1 Å². The lowest BCUT2D eigenvalue weighted by atomic mass is 10.1. The molecule has 1 aromatic carbocycles. The van der Waals surface area contributed by atoms with E-state index in [1.54, 1.807) is 7.11 Å². The summed E-state index contributed by atoms with van der Waals surface area (Å²) in [5.41, 5.74) is 1.02. The van der Waals surface area contributed by atoms with Gasteiger partial charge in [0.1, 0.15) is 11.8 Å².